The molecule has 2 aromatic heterocycles. The molecule has 82 heavy (non-hydrogen) atoms. The van der Waals surface area contributed by atoms with Gasteiger partial charge < -0.3 is 18.6 Å². The molecule has 402 valence electrons. The maximum Gasteiger partial charge on any atom is 0.256 e. The van der Waals surface area contributed by atoms with Crippen LogP contribution < -0.4 is 42.3 Å². The smallest absolute Gasteiger partial charge is 0.256 e. The molecule has 0 saturated carbocycles. The minimum Gasteiger partial charge on any atom is -0.456 e. The van der Waals surface area contributed by atoms with Crippen molar-refractivity contribution in [2.24, 2.45) is 0 Å². The van der Waals surface area contributed by atoms with E-state index in [0.717, 1.165) is 34.4 Å². The van der Waals surface area contributed by atoms with Gasteiger partial charge in [0.1, 0.15) is 23.0 Å². The van der Waals surface area contributed by atoms with Crippen molar-refractivity contribution in [2.75, 3.05) is 0 Å². The van der Waals surface area contributed by atoms with Gasteiger partial charge in [-0.1, -0.05) is 196 Å². The van der Waals surface area contributed by atoms with Crippen LogP contribution in [0.25, 0.3) is 77.2 Å². The predicted molar refractivity (Wildman–Crippen MR) is 347 cm³/mol. The van der Waals surface area contributed by atoms with E-state index in [9.17, 15) is 0 Å². The molecule has 17 rings (SSSR count). The van der Waals surface area contributed by atoms with Crippen molar-refractivity contribution in [3.8, 4) is 56.6 Å². The Morgan fingerprint density at radius 1 is 0.354 bits per heavy atom. The molecule has 4 aliphatic heterocycles. The first kappa shape index (κ1) is 49.0. The number of aromatic nitrogens is 2. The summed E-state index contributed by atoms with van der Waals surface area (Å²) in [5.41, 5.74) is 29.6. The molecule has 0 atom stereocenters. The van der Waals surface area contributed by atoms with E-state index in [4.69, 9.17) is 9.47 Å². The Hall–Kier alpha value is -7.69. The summed E-state index contributed by atoms with van der Waals surface area (Å²) in [6.45, 7) is 37.6. The molecule has 9 aromatic carbocycles. The van der Waals surface area contributed by atoms with Crippen LogP contribution in [0.1, 0.15) is 155 Å². The fourth-order valence-electron chi connectivity index (χ4n) is 16.3. The van der Waals surface area contributed by atoms with Crippen LogP contribution in [-0.2, 0) is 32.5 Å². The number of ether oxygens (including phenoxy) is 2. The zero-order valence-corrected chi connectivity index (χ0v) is 50.6. The second-order valence-electron chi connectivity index (χ2n) is 30.5. The zero-order valence-electron chi connectivity index (χ0n) is 50.6. The molecule has 11 aromatic rings. The predicted octanol–water partition coefficient (Wildman–Crippen LogP) is 15.6. The zero-order chi connectivity index (χ0) is 56.8. The molecule has 0 bridgehead atoms. The van der Waals surface area contributed by atoms with Gasteiger partial charge in [0.25, 0.3) is 13.4 Å². The maximum atomic E-state index is 8.13. The van der Waals surface area contributed by atoms with Gasteiger partial charge in [0.05, 0.1) is 22.4 Å². The van der Waals surface area contributed by atoms with Crippen molar-refractivity contribution in [3.63, 3.8) is 0 Å². The number of benzene rings is 9. The average Bonchev–Trinajstić information content (AvgIpc) is 1.28. The molecule has 6 heterocycles. The van der Waals surface area contributed by atoms with Crippen LogP contribution in [0, 0.1) is 0 Å². The normalized spacial score (nSPS) is 16.1. The standard InChI is InChI=1S/C76H70B2N2O2/c1-71(2,3)39-25-27-59-47(29-39)49-31-41(73(7,8)9)33-57-65(49)79(59)67-63-70(82-61-35-45-43-21-17-19-23-51(43)75(13,14)53(45)37-55(61)77(57)63)68-64-69(67)81-62-36-46-44-22-18-20-24-52(44)76(15,16)54(46)38-56(62)78(64)58-34-42(74(10,11)12)32-50-48-30-40(72(4,5)6)26-28-60(48)80(68)66(50)58/h17-38H,1-16H3. The van der Waals surface area contributed by atoms with Crippen LogP contribution in [0.5, 0.6) is 23.0 Å². The second-order valence-corrected chi connectivity index (χ2v) is 30.5. The molecule has 6 heteroatoms. The van der Waals surface area contributed by atoms with E-state index in [1.54, 1.807) is 0 Å². The van der Waals surface area contributed by atoms with Gasteiger partial charge in [0.15, 0.2) is 0 Å². The van der Waals surface area contributed by atoms with Gasteiger partial charge in [0.2, 0.25) is 0 Å². The fourth-order valence-corrected chi connectivity index (χ4v) is 16.3. The van der Waals surface area contributed by atoms with E-state index in [1.165, 1.54) is 143 Å². The van der Waals surface area contributed by atoms with Crippen molar-refractivity contribution in [2.45, 2.75) is 143 Å². The van der Waals surface area contributed by atoms with Crippen molar-refractivity contribution < 1.29 is 9.47 Å². The van der Waals surface area contributed by atoms with Crippen molar-refractivity contribution in [1.29, 1.82) is 0 Å². The number of fused-ring (bicyclic) bond motifs is 22. The van der Waals surface area contributed by atoms with Gasteiger partial charge in [-0.15, -0.1) is 0 Å². The van der Waals surface area contributed by atoms with Gasteiger partial charge in [-0.2, -0.15) is 0 Å². The number of rotatable bonds is 0. The summed E-state index contributed by atoms with van der Waals surface area (Å²) < 4.78 is 21.5. The van der Waals surface area contributed by atoms with Crippen molar-refractivity contribution in [1.82, 2.24) is 9.13 Å². The van der Waals surface area contributed by atoms with E-state index < -0.39 is 0 Å². The van der Waals surface area contributed by atoms with E-state index in [0.29, 0.717) is 0 Å². The monoisotopic (exact) mass is 1060 g/mol. The summed E-state index contributed by atoms with van der Waals surface area (Å²) in [5, 5.41) is 5.13. The lowest BCUT2D eigenvalue weighted by Gasteiger charge is -2.42. The highest BCUT2D eigenvalue weighted by Crippen LogP contribution is 2.55. The SMILES string of the molecule is CC(C)(C)c1ccc2c(c1)c1cc(C(C)(C)C)cc3c1n2-c1c2c4c(c5c1B3c1cc3c(cc1O5)-c1ccccc1C3(C)C)-n1c3ccc(C(C)(C)C)cc3c3cc(C(C)(C)C)cc(c31)B4c1cc3c(cc1O2)-c1ccccc1C3(C)C. The Morgan fingerprint density at radius 3 is 1.10 bits per heavy atom. The van der Waals surface area contributed by atoms with Crippen LogP contribution in [0.15, 0.2) is 133 Å². The first-order valence-corrected chi connectivity index (χ1v) is 30.1. The number of hydrogen-bond donors (Lipinski definition) is 0. The highest BCUT2D eigenvalue weighted by atomic mass is 16.5. The molecule has 4 nitrogen and oxygen atoms in total. The lowest BCUT2D eigenvalue weighted by Crippen LogP contribution is -2.63. The molecule has 0 fully saturated rings. The lowest BCUT2D eigenvalue weighted by atomic mass is 9.31. The third-order valence-electron chi connectivity index (χ3n) is 20.8. The molecule has 2 aliphatic carbocycles. The minimum absolute atomic E-state index is 0.0578. The first-order chi connectivity index (χ1) is 38.7. The van der Waals surface area contributed by atoms with Crippen molar-refractivity contribution >= 4 is 89.8 Å². The highest BCUT2D eigenvalue weighted by molar-refractivity contribution is 7.02. The molecule has 6 aliphatic rings. The summed E-state index contributed by atoms with van der Waals surface area (Å²) >= 11 is 0. The van der Waals surface area contributed by atoms with Gasteiger partial charge >= 0.3 is 0 Å². The summed E-state index contributed by atoms with van der Waals surface area (Å²) in [4.78, 5) is 0. The van der Waals surface area contributed by atoms with E-state index in [1.807, 2.05) is 0 Å². The van der Waals surface area contributed by atoms with Gasteiger partial charge in [0, 0.05) is 54.3 Å². The van der Waals surface area contributed by atoms with Gasteiger partial charge in [-0.3, -0.25) is 0 Å². The summed E-state index contributed by atoms with van der Waals surface area (Å²) in [7, 11) is 0. The maximum absolute atomic E-state index is 8.13. The Morgan fingerprint density at radius 2 is 0.720 bits per heavy atom. The topological polar surface area (TPSA) is 28.3 Å². The quantitative estimate of drug-likeness (QED) is 0.142. The summed E-state index contributed by atoms with van der Waals surface area (Å²) in [5.74, 6) is 3.73. The highest BCUT2D eigenvalue weighted by Gasteiger charge is 2.53. The summed E-state index contributed by atoms with van der Waals surface area (Å²) in [6, 6.07) is 52.9. The third kappa shape index (κ3) is 5.96. The number of hydrogen-bond acceptors (Lipinski definition) is 2. The average molecular weight is 1070 g/mol. The number of nitrogens with zero attached hydrogens (tertiary/aromatic N) is 2. The van der Waals surface area contributed by atoms with Crippen LogP contribution in [0.3, 0.4) is 0 Å². The fraction of sp³-hybridized carbons (Fsp3) is 0.289. The lowest BCUT2D eigenvalue weighted by molar-refractivity contribution is 0.472. The molecule has 0 radical (unpaired) electrons. The largest absolute Gasteiger partial charge is 0.456 e. The Kier molecular flexibility index (Phi) is 8.91. The van der Waals surface area contributed by atoms with Gasteiger partial charge in [-0.05, 0) is 159 Å². The van der Waals surface area contributed by atoms with E-state index >= 15 is 0 Å². The molecular weight excluding hydrogens is 994 g/mol. The van der Waals surface area contributed by atoms with E-state index in [-0.39, 0.29) is 45.9 Å². The molecular formula is C76H70B2N2O2. The van der Waals surface area contributed by atoms with E-state index in [2.05, 4.69) is 253 Å². The minimum atomic E-state index is -0.216. The molecule has 0 unspecified atom stereocenters. The summed E-state index contributed by atoms with van der Waals surface area (Å²) in [6.07, 6.45) is 0. The van der Waals surface area contributed by atoms with Crippen LogP contribution in [-0.4, -0.2) is 22.6 Å². The van der Waals surface area contributed by atoms with Crippen LogP contribution >= 0.6 is 0 Å². The van der Waals surface area contributed by atoms with Crippen LogP contribution in [0.2, 0.25) is 0 Å². The second kappa shape index (κ2) is 14.9. The molecule has 0 spiro atoms. The Labute approximate surface area is 483 Å². The van der Waals surface area contributed by atoms with Gasteiger partial charge in [-0.25, -0.2) is 0 Å². The van der Waals surface area contributed by atoms with Crippen molar-refractivity contribution in [3.05, 3.63) is 178 Å². The molecule has 0 N–H and O–H groups in total. The molecule has 0 saturated heterocycles. The molecule has 0 amide bonds. The Balaban J connectivity index is 1.10. The Bertz CT molecular complexity index is 4550. The third-order valence-corrected chi connectivity index (χ3v) is 20.8. The first-order valence-electron chi connectivity index (χ1n) is 30.1. The van der Waals surface area contributed by atoms with Crippen LogP contribution in [0.4, 0.5) is 0 Å².